The van der Waals surface area contributed by atoms with E-state index in [1.807, 2.05) is 30.5 Å². The molecule has 0 amide bonds. The molecule has 0 spiro atoms. The maximum absolute atomic E-state index is 5.96. The second-order valence-electron chi connectivity index (χ2n) is 8.41. The van der Waals surface area contributed by atoms with E-state index in [1.165, 1.54) is 17.0 Å². The van der Waals surface area contributed by atoms with Crippen LogP contribution in [0.4, 0.5) is 0 Å². The molecule has 5 rings (SSSR count). The molecule has 0 bridgehead atoms. The minimum absolute atomic E-state index is 0.00679. The molecule has 162 valence electrons. The van der Waals surface area contributed by atoms with Crippen molar-refractivity contribution in [1.29, 1.82) is 0 Å². The Labute approximate surface area is 188 Å². The second-order valence-corrected chi connectivity index (χ2v) is 8.79. The lowest BCUT2D eigenvalue weighted by atomic mass is 9.96. The van der Waals surface area contributed by atoms with Crippen LogP contribution >= 0.6 is 12.2 Å². The number of rotatable bonds is 6. The van der Waals surface area contributed by atoms with Gasteiger partial charge in [0, 0.05) is 30.7 Å². The van der Waals surface area contributed by atoms with Crippen molar-refractivity contribution in [2.45, 2.75) is 51.4 Å². The number of furan rings is 1. The Morgan fingerprint density at radius 1 is 1.23 bits per heavy atom. The Hall–Kier alpha value is -2.64. The highest BCUT2D eigenvalue weighted by Crippen LogP contribution is 2.41. The molecule has 7 heteroatoms. The lowest BCUT2D eigenvalue weighted by Crippen LogP contribution is -2.36. The third-order valence-electron chi connectivity index (χ3n) is 6.45. The number of aryl methyl sites for hydroxylation is 1. The minimum Gasteiger partial charge on any atom is -0.467 e. The van der Waals surface area contributed by atoms with Gasteiger partial charge in [0.25, 0.3) is 0 Å². The van der Waals surface area contributed by atoms with Gasteiger partial charge in [-0.05, 0) is 74.8 Å². The Kier molecular flexibility index (Phi) is 5.54. The molecule has 2 saturated heterocycles. The van der Waals surface area contributed by atoms with Gasteiger partial charge < -0.3 is 23.9 Å². The van der Waals surface area contributed by atoms with Gasteiger partial charge in [0.05, 0.1) is 36.7 Å². The molecule has 0 aliphatic carbocycles. The molecule has 2 aliphatic rings. The molecule has 2 fully saturated rings. The Bertz CT molecular complexity index is 1040. The van der Waals surface area contributed by atoms with Crippen molar-refractivity contribution in [3.63, 3.8) is 0 Å². The lowest BCUT2D eigenvalue weighted by Gasteiger charge is -2.30. The third kappa shape index (κ3) is 3.88. The fraction of sp³-hybridized carbons (Fsp3) is 0.417. The van der Waals surface area contributed by atoms with E-state index in [2.05, 4.69) is 45.7 Å². The summed E-state index contributed by atoms with van der Waals surface area (Å²) in [6.45, 7) is 6.69. The van der Waals surface area contributed by atoms with Gasteiger partial charge in [-0.1, -0.05) is 6.07 Å². The first-order chi connectivity index (χ1) is 15.1. The first-order valence-corrected chi connectivity index (χ1v) is 11.3. The van der Waals surface area contributed by atoms with Gasteiger partial charge in [0.2, 0.25) is 0 Å². The highest BCUT2D eigenvalue weighted by molar-refractivity contribution is 7.80. The number of thiocarbonyl (C=S) groups is 1. The van der Waals surface area contributed by atoms with Crippen molar-refractivity contribution in [3.8, 4) is 0 Å². The highest BCUT2D eigenvalue weighted by atomic mass is 32.1. The van der Waals surface area contributed by atoms with Crippen LogP contribution in [0.5, 0.6) is 0 Å². The maximum atomic E-state index is 5.96. The minimum atomic E-state index is -0.00679. The maximum Gasteiger partial charge on any atom is 0.170 e. The Balaban J connectivity index is 1.53. The van der Waals surface area contributed by atoms with E-state index in [1.54, 1.807) is 6.26 Å². The van der Waals surface area contributed by atoms with Gasteiger partial charge in [-0.25, -0.2) is 0 Å². The molecule has 0 saturated carbocycles. The number of pyridine rings is 1. The summed E-state index contributed by atoms with van der Waals surface area (Å²) in [5, 5.41) is 4.33. The number of hydrogen-bond acceptors (Lipinski definition) is 4. The van der Waals surface area contributed by atoms with Gasteiger partial charge in [0.1, 0.15) is 5.76 Å². The van der Waals surface area contributed by atoms with Crippen LogP contribution in [0.3, 0.4) is 0 Å². The van der Waals surface area contributed by atoms with Gasteiger partial charge in [-0.3, -0.25) is 4.98 Å². The van der Waals surface area contributed by atoms with E-state index in [4.69, 9.17) is 21.4 Å². The van der Waals surface area contributed by atoms with Crippen molar-refractivity contribution in [2.24, 2.45) is 0 Å². The highest BCUT2D eigenvalue weighted by Gasteiger charge is 2.42. The van der Waals surface area contributed by atoms with Crippen LogP contribution < -0.4 is 5.32 Å². The van der Waals surface area contributed by atoms with E-state index in [0.717, 1.165) is 49.1 Å². The molecule has 31 heavy (non-hydrogen) atoms. The van der Waals surface area contributed by atoms with Crippen LogP contribution in [-0.2, 0) is 11.3 Å². The molecule has 3 aromatic heterocycles. The van der Waals surface area contributed by atoms with Crippen molar-refractivity contribution in [2.75, 3.05) is 13.2 Å². The quantitative estimate of drug-likeness (QED) is 0.582. The summed E-state index contributed by atoms with van der Waals surface area (Å²) in [6, 6.07) is 12.4. The fourth-order valence-electron chi connectivity index (χ4n) is 4.88. The predicted molar refractivity (Wildman–Crippen MR) is 123 cm³/mol. The largest absolute Gasteiger partial charge is 0.467 e. The summed E-state index contributed by atoms with van der Waals surface area (Å²) in [4.78, 5) is 6.96. The van der Waals surface area contributed by atoms with Crippen molar-refractivity contribution in [1.82, 2.24) is 19.8 Å². The second kappa shape index (κ2) is 8.48. The van der Waals surface area contributed by atoms with E-state index in [9.17, 15) is 0 Å². The number of hydrogen-bond donors (Lipinski definition) is 1. The van der Waals surface area contributed by atoms with E-state index >= 15 is 0 Å². The number of nitrogens with one attached hydrogen (secondary N) is 1. The van der Waals surface area contributed by atoms with Crippen LogP contribution in [0.15, 0.2) is 53.3 Å². The molecular weight excluding hydrogens is 408 g/mol. The van der Waals surface area contributed by atoms with Crippen molar-refractivity contribution in [3.05, 3.63) is 77.3 Å². The van der Waals surface area contributed by atoms with Crippen molar-refractivity contribution < 1.29 is 9.15 Å². The van der Waals surface area contributed by atoms with Gasteiger partial charge in [-0.2, -0.15) is 0 Å². The molecule has 0 radical (unpaired) electrons. The molecule has 0 unspecified atom stereocenters. The van der Waals surface area contributed by atoms with Gasteiger partial charge >= 0.3 is 0 Å². The summed E-state index contributed by atoms with van der Waals surface area (Å²) in [6.07, 6.45) is 5.99. The standard InChI is InChI=1S/C24H28N4O2S/c1-16-13-20(17(2)27(16)14-18-7-5-11-29-18)23-22(21-9-3-4-10-25-21)26-24(31)28(23)15-19-8-6-12-30-19/h3-5,7,9-11,13,19,22-23H,6,8,12,14-15H2,1-2H3,(H,26,31)/t19-,22-,23+/m0/s1. The average Bonchev–Trinajstić information content (AvgIpc) is 3.57. The monoisotopic (exact) mass is 436 g/mol. The van der Waals surface area contributed by atoms with E-state index in [0.29, 0.717) is 0 Å². The summed E-state index contributed by atoms with van der Waals surface area (Å²) in [7, 11) is 0. The summed E-state index contributed by atoms with van der Waals surface area (Å²) < 4.78 is 13.9. The SMILES string of the molecule is Cc1cc([C@@H]2[C@H](c3ccccn3)NC(=S)N2C[C@@H]2CCCO2)c(C)n1Cc1ccco1. The lowest BCUT2D eigenvalue weighted by molar-refractivity contribution is 0.0842. The van der Waals surface area contributed by atoms with Gasteiger partial charge in [0.15, 0.2) is 5.11 Å². The molecular formula is C24H28N4O2S. The first-order valence-electron chi connectivity index (χ1n) is 10.9. The molecule has 0 aromatic carbocycles. The molecule has 6 nitrogen and oxygen atoms in total. The predicted octanol–water partition coefficient (Wildman–Crippen LogP) is 4.29. The average molecular weight is 437 g/mol. The Morgan fingerprint density at radius 2 is 2.13 bits per heavy atom. The van der Waals surface area contributed by atoms with Crippen LogP contribution in [-0.4, -0.2) is 38.8 Å². The smallest absolute Gasteiger partial charge is 0.170 e. The van der Waals surface area contributed by atoms with Crippen LogP contribution in [0.25, 0.3) is 0 Å². The molecule has 3 aromatic rings. The first kappa shape index (κ1) is 20.3. The molecule has 1 N–H and O–H groups in total. The molecule has 2 aliphatic heterocycles. The number of ether oxygens (including phenoxy) is 1. The van der Waals surface area contributed by atoms with Gasteiger partial charge in [-0.15, -0.1) is 0 Å². The zero-order valence-corrected chi connectivity index (χ0v) is 18.8. The number of aromatic nitrogens is 2. The van der Waals surface area contributed by atoms with Crippen molar-refractivity contribution >= 4 is 17.3 Å². The number of nitrogens with zero attached hydrogens (tertiary/aromatic N) is 3. The molecule has 5 heterocycles. The molecule has 3 atom stereocenters. The topological polar surface area (TPSA) is 55.5 Å². The van der Waals surface area contributed by atoms with Crippen LogP contribution in [0, 0.1) is 13.8 Å². The fourth-order valence-corrected chi connectivity index (χ4v) is 5.19. The summed E-state index contributed by atoms with van der Waals surface area (Å²) >= 11 is 5.82. The summed E-state index contributed by atoms with van der Waals surface area (Å²) in [5.41, 5.74) is 4.70. The van der Waals surface area contributed by atoms with E-state index < -0.39 is 0 Å². The Morgan fingerprint density at radius 3 is 2.84 bits per heavy atom. The third-order valence-corrected chi connectivity index (χ3v) is 6.80. The van der Waals surface area contributed by atoms with Crippen LogP contribution in [0.2, 0.25) is 0 Å². The zero-order chi connectivity index (χ0) is 21.4. The van der Waals surface area contributed by atoms with Crippen LogP contribution in [0.1, 0.15) is 53.3 Å². The zero-order valence-electron chi connectivity index (χ0n) is 18.0. The summed E-state index contributed by atoms with van der Waals surface area (Å²) in [5.74, 6) is 0.950. The van der Waals surface area contributed by atoms with E-state index in [-0.39, 0.29) is 18.2 Å². The normalized spacial score (nSPS) is 23.5.